The van der Waals surface area contributed by atoms with Crippen molar-refractivity contribution in [1.82, 2.24) is 0 Å². The quantitative estimate of drug-likeness (QED) is 0.507. The summed E-state index contributed by atoms with van der Waals surface area (Å²) in [7, 11) is 0. The predicted molar refractivity (Wildman–Crippen MR) is 35.3 cm³/mol. The van der Waals surface area contributed by atoms with Crippen molar-refractivity contribution in [1.29, 1.82) is 0 Å². The molecule has 0 saturated heterocycles. The molecule has 8 heavy (non-hydrogen) atoms. The van der Waals surface area contributed by atoms with Crippen LogP contribution >= 0.6 is 0 Å². The first-order valence-corrected chi connectivity index (χ1v) is 2.91. The van der Waals surface area contributed by atoms with Crippen LogP contribution in [0.1, 0.15) is 20.3 Å². The third-order valence-corrected chi connectivity index (χ3v) is 0.879. The number of rotatable bonds is 4. The number of hydrogen-bond donors (Lipinski definition) is 0. The van der Waals surface area contributed by atoms with Crippen molar-refractivity contribution >= 4 is 0 Å². The van der Waals surface area contributed by atoms with Gasteiger partial charge in [0.15, 0.2) is 0 Å². The van der Waals surface area contributed by atoms with E-state index in [0.717, 1.165) is 6.42 Å². The van der Waals surface area contributed by atoms with Gasteiger partial charge in [-0.2, -0.15) is 0 Å². The van der Waals surface area contributed by atoms with Gasteiger partial charge in [-0.3, -0.25) is 0 Å². The van der Waals surface area contributed by atoms with Crippen LogP contribution in [0.2, 0.25) is 0 Å². The summed E-state index contributed by atoms with van der Waals surface area (Å²) in [4.78, 5) is 0. The van der Waals surface area contributed by atoms with Gasteiger partial charge in [0.1, 0.15) is 0 Å². The minimum atomic E-state index is 0.220. The van der Waals surface area contributed by atoms with E-state index in [1.165, 1.54) is 6.26 Å². The Bertz CT molecular complexity index is 59.4. The minimum Gasteiger partial charge on any atom is -0.499 e. The van der Waals surface area contributed by atoms with E-state index in [1.807, 2.05) is 6.92 Å². The first-order valence-electron chi connectivity index (χ1n) is 2.91. The fourth-order valence-corrected chi connectivity index (χ4v) is 0.539. The largest absolute Gasteiger partial charge is 0.499 e. The molecule has 0 spiro atoms. The molecule has 47 valence electrons. The molecule has 0 aliphatic heterocycles. The molecule has 0 bridgehead atoms. The van der Waals surface area contributed by atoms with E-state index < -0.39 is 0 Å². The fourth-order valence-electron chi connectivity index (χ4n) is 0.539. The molecule has 0 saturated carbocycles. The van der Waals surface area contributed by atoms with E-state index in [4.69, 9.17) is 4.74 Å². The average Bonchev–Trinajstić information content (AvgIpc) is 1.68. The van der Waals surface area contributed by atoms with Crippen molar-refractivity contribution in [3.8, 4) is 0 Å². The smallest absolute Gasteiger partial charge is 0.0982 e. The van der Waals surface area contributed by atoms with Gasteiger partial charge in [0.25, 0.3) is 0 Å². The van der Waals surface area contributed by atoms with Gasteiger partial charge in [-0.15, -0.1) is 0 Å². The van der Waals surface area contributed by atoms with Crippen LogP contribution in [-0.4, -0.2) is 6.10 Å². The molecule has 0 rings (SSSR count). The Labute approximate surface area is 51.4 Å². The zero-order valence-corrected chi connectivity index (χ0v) is 5.55. The predicted octanol–water partition coefficient (Wildman–Crippen LogP) is 2.15. The zero-order valence-electron chi connectivity index (χ0n) is 5.55. The molecule has 0 aliphatic rings. The lowest BCUT2D eigenvalue weighted by atomic mass is 10.2. The molecular weight excluding hydrogens is 100 g/mol. The fraction of sp³-hybridized carbons (Fsp3) is 0.571. The van der Waals surface area contributed by atoms with Crippen molar-refractivity contribution < 1.29 is 4.74 Å². The van der Waals surface area contributed by atoms with Gasteiger partial charge in [0, 0.05) is 6.42 Å². The SMILES string of the molecule is C=COC(C)[CH]CC. The van der Waals surface area contributed by atoms with Crippen molar-refractivity contribution in [2.45, 2.75) is 26.4 Å². The van der Waals surface area contributed by atoms with Crippen LogP contribution in [0, 0.1) is 6.42 Å². The Balaban J connectivity index is 3.03. The highest BCUT2D eigenvalue weighted by molar-refractivity contribution is 4.72. The summed E-state index contributed by atoms with van der Waals surface area (Å²) in [6, 6.07) is 0. The lowest BCUT2D eigenvalue weighted by molar-refractivity contribution is 0.188. The molecule has 1 heteroatoms. The van der Waals surface area contributed by atoms with Crippen LogP contribution in [0.25, 0.3) is 0 Å². The van der Waals surface area contributed by atoms with Gasteiger partial charge in [0.05, 0.1) is 12.4 Å². The second kappa shape index (κ2) is 4.69. The third kappa shape index (κ3) is 3.72. The van der Waals surface area contributed by atoms with E-state index in [1.54, 1.807) is 0 Å². The standard InChI is InChI=1S/C7H13O/c1-4-6-7(3)8-5-2/h5-7H,2,4H2,1,3H3. The third-order valence-electron chi connectivity index (χ3n) is 0.879. The molecule has 1 nitrogen and oxygen atoms in total. The Morgan fingerprint density at radius 3 is 2.75 bits per heavy atom. The Morgan fingerprint density at radius 1 is 1.75 bits per heavy atom. The Hall–Kier alpha value is -0.460. The van der Waals surface area contributed by atoms with E-state index >= 15 is 0 Å². The molecule has 1 unspecified atom stereocenters. The van der Waals surface area contributed by atoms with E-state index in [9.17, 15) is 0 Å². The molecule has 0 N–H and O–H groups in total. The number of ether oxygens (including phenoxy) is 1. The van der Waals surface area contributed by atoms with Crippen LogP contribution in [0.5, 0.6) is 0 Å². The lowest BCUT2D eigenvalue weighted by Crippen LogP contribution is -2.02. The van der Waals surface area contributed by atoms with Gasteiger partial charge in [-0.25, -0.2) is 0 Å². The summed E-state index contributed by atoms with van der Waals surface area (Å²) in [6.07, 6.45) is 4.82. The monoisotopic (exact) mass is 113 g/mol. The molecule has 1 radical (unpaired) electrons. The van der Waals surface area contributed by atoms with E-state index in [0.29, 0.717) is 0 Å². The molecule has 0 aromatic rings. The highest BCUT2D eigenvalue weighted by atomic mass is 16.5. The summed E-state index contributed by atoms with van der Waals surface area (Å²) >= 11 is 0. The average molecular weight is 113 g/mol. The molecule has 0 heterocycles. The molecule has 0 aliphatic carbocycles. The maximum Gasteiger partial charge on any atom is 0.0982 e. The maximum absolute atomic E-state index is 4.99. The van der Waals surface area contributed by atoms with Crippen LogP contribution < -0.4 is 0 Å². The summed E-state index contributed by atoms with van der Waals surface area (Å²) in [5.74, 6) is 0. The highest BCUT2D eigenvalue weighted by Gasteiger charge is 1.95. The van der Waals surface area contributed by atoms with Crippen LogP contribution in [0.3, 0.4) is 0 Å². The first-order chi connectivity index (χ1) is 3.81. The first kappa shape index (κ1) is 7.54. The van der Waals surface area contributed by atoms with Crippen LogP contribution in [0.4, 0.5) is 0 Å². The lowest BCUT2D eigenvalue weighted by Gasteiger charge is -2.06. The second-order valence-corrected chi connectivity index (χ2v) is 1.65. The van der Waals surface area contributed by atoms with Gasteiger partial charge in [-0.1, -0.05) is 13.5 Å². The Morgan fingerprint density at radius 2 is 2.38 bits per heavy atom. The summed E-state index contributed by atoms with van der Waals surface area (Å²) in [5.41, 5.74) is 0. The van der Waals surface area contributed by atoms with E-state index in [2.05, 4.69) is 19.9 Å². The summed E-state index contributed by atoms with van der Waals surface area (Å²) in [6.45, 7) is 7.52. The normalized spacial score (nSPS) is 12.8. The summed E-state index contributed by atoms with van der Waals surface area (Å²) < 4.78 is 4.99. The zero-order chi connectivity index (χ0) is 6.41. The van der Waals surface area contributed by atoms with Gasteiger partial charge in [-0.05, 0) is 13.3 Å². The highest BCUT2D eigenvalue weighted by Crippen LogP contribution is 1.97. The molecular formula is C7H13O. The van der Waals surface area contributed by atoms with Crippen molar-refractivity contribution in [2.75, 3.05) is 0 Å². The Kier molecular flexibility index (Phi) is 4.42. The topological polar surface area (TPSA) is 9.23 Å². The molecule has 0 amide bonds. The second-order valence-electron chi connectivity index (χ2n) is 1.65. The minimum absolute atomic E-state index is 0.220. The summed E-state index contributed by atoms with van der Waals surface area (Å²) in [5, 5.41) is 0. The van der Waals surface area contributed by atoms with Gasteiger partial charge < -0.3 is 4.74 Å². The molecule has 0 aromatic carbocycles. The van der Waals surface area contributed by atoms with Gasteiger partial charge in [0.2, 0.25) is 0 Å². The molecule has 1 atom stereocenters. The van der Waals surface area contributed by atoms with E-state index in [-0.39, 0.29) is 6.10 Å². The molecule has 0 aromatic heterocycles. The van der Waals surface area contributed by atoms with Crippen molar-refractivity contribution in [3.05, 3.63) is 19.3 Å². The molecule has 0 fully saturated rings. The van der Waals surface area contributed by atoms with Crippen LogP contribution in [0.15, 0.2) is 12.8 Å². The van der Waals surface area contributed by atoms with Crippen LogP contribution in [-0.2, 0) is 4.74 Å². The van der Waals surface area contributed by atoms with Crippen molar-refractivity contribution in [2.24, 2.45) is 0 Å². The number of hydrogen-bond acceptors (Lipinski definition) is 1. The maximum atomic E-state index is 4.99. The van der Waals surface area contributed by atoms with Gasteiger partial charge >= 0.3 is 0 Å². The van der Waals surface area contributed by atoms with Crippen molar-refractivity contribution in [3.63, 3.8) is 0 Å².